The number of rotatable bonds is 9. The zero-order valence-corrected chi connectivity index (χ0v) is 17.4. The molecule has 0 aliphatic heterocycles. The molecule has 6 heteroatoms. The van der Waals surface area contributed by atoms with E-state index in [0.29, 0.717) is 24.2 Å². The summed E-state index contributed by atoms with van der Waals surface area (Å²) in [5.74, 6) is 1.80. The van der Waals surface area contributed by atoms with Crippen molar-refractivity contribution < 1.29 is 14.7 Å². The Morgan fingerprint density at radius 3 is 2.72 bits per heavy atom. The first kappa shape index (κ1) is 24.2. The smallest absolute Gasteiger partial charge is 0.158 e. The van der Waals surface area contributed by atoms with Crippen LogP contribution >= 0.6 is 23.4 Å². The summed E-state index contributed by atoms with van der Waals surface area (Å²) in [7, 11) is 0. The number of aliphatic hydroxyl groups excluding tert-OH is 1. The maximum absolute atomic E-state index is 11.7. The van der Waals surface area contributed by atoms with Gasteiger partial charge in [0.2, 0.25) is 0 Å². The normalized spacial score (nSPS) is 19.3. The highest BCUT2D eigenvalue weighted by molar-refractivity contribution is 7.99. The van der Waals surface area contributed by atoms with Gasteiger partial charge in [0, 0.05) is 23.4 Å². The molecule has 0 aromatic carbocycles. The van der Waals surface area contributed by atoms with E-state index in [1.165, 1.54) is 5.54 Å². The average Bonchev–Trinajstić information content (AvgIpc) is 2.58. The van der Waals surface area contributed by atoms with Gasteiger partial charge in [-0.2, -0.15) is 11.8 Å². The Bertz CT molecular complexity index is 464. The fourth-order valence-corrected chi connectivity index (χ4v) is 3.66. The monoisotopic (exact) mass is 389 g/mol. The first-order valence-corrected chi connectivity index (χ1v) is 10.3. The number of nitrogens with zero attached hydrogens (tertiary/aromatic N) is 1. The Kier molecular flexibility index (Phi) is 15.0. The van der Waals surface area contributed by atoms with E-state index in [4.69, 9.17) is 16.4 Å². The van der Waals surface area contributed by atoms with Crippen molar-refractivity contribution in [2.24, 2.45) is 11.1 Å². The van der Waals surface area contributed by atoms with E-state index in [1.807, 2.05) is 25.6 Å². The van der Waals surface area contributed by atoms with Crippen molar-refractivity contribution in [1.82, 2.24) is 0 Å². The van der Waals surface area contributed by atoms with E-state index in [9.17, 15) is 9.90 Å². The number of thioether (sulfide) groups is 1. The summed E-state index contributed by atoms with van der Waals surface area (Å²) >= 11 is 7.15. The molecule has 0 spiro atoms. The molecule has 25 heavy (non-hydrogen) atoms. The zero-order valence-electron chi connectivity index (χ0n) is 15.8. The lowest BCUT2D eigenvalue weighted by Gasteiger charge is -2.26. The molecule has 0 amide bonds. The Balaban J connectivity index is 0.000000547. The van der Waals surface area contributed by atoms with Crippen LogP contribution in [0.25, 0.3) is 0 Å². The highest BCUT2D eigenvalue weighted by Gasteiger charge is 2.25. The van der Waals surface area contributed by atoms with Gasteiger partial charge < -0.3 is 9.94 Å². The molecule has 0 saturated carbocycles. The maximum Gasteiger partial charge on any atom is 0.158 e. The quantitative estimate of drug-likeness (QED) is 0.344. The third-order valence-electron chi connectivity index (χ3n) is 3.86. The summed E-state index contributed by atoms with van der Waals surface area (Å²) in [5.41, 5.74) is 3.16. The van der Waals surface area contributed by atoms with Gasteiger partial charge in [0.05, 0.1) is 6.61 Å². The predicted octanol–water partition coefficient (Wildman–Crippen LogP) is 4.96. The average molecular weight is 390 g/mol. The largest absolute Gasteiger partial charge is 0.392 e. The Hall–Kier alpha value is -0.780. The predicted molar refractivity (Wildman–Crippen MR) is 109 cm³/mol. The highest BCUT2D eigenvalue weighted by atomic mass is 35.5. The lowest BCUT2D eigenvalue weighted by Crippen LogP contribution is -2.22. The molecule has 144 valence electrons. The number of Topliss-reactive ketones (excluding diaryl/α,β-unsaturated/α-hetero) is 1. The first-order chi connectivity index (χ1) is 12.0. The molecule has 0 saturated heterocycles. The van der Waals surface area contributed by atoms with Crippen molar-refractivity contribution in [3.63, 3.8) is 0 Å². The number of aliphatic hydroxyl groups is 1. The molecule has 0 radical (unpaired) electrons. The summed E-state index contributed by atoms with van der Waals surface area (Å²) in [6.45, 7) is 8.71. The minimum absolute atomic E-state index is 0.0450. The van der Waals surface area contributed by atoms with Crippen molar-refractivity contribution in [3.8, 4) is 0 Å². The Labute approximate surface area is 161 Å². The van der Waals surface area contributed by atoms with Crippen LogP contribution in [-0.2, 0) is 9.63 Å². The number of hydrogen-bond donors (Lipinski definition) is 1. The molecule has 1 N–H and O–H groups in total. The van der Waals surface area contributed by atoms with Gasteiger partial charge in [-0.15, -0.1) is 0 Å². The lowest BCUT2D eigenvalue weighted by atomic mass is 9.81. The third-order valence-corrected chi connectivity index (χ3v) is 5.13. The molecule has 2 unspecified atom stereocenters. The fourth-order valence-electron chi connectivity index (χ4n) is 2.61. The van der Waals surface area contributed by atoms with E-state index < -0.39 is 0 Å². The molecule has 1 aliphatic rings. The van der Waals surface area contributed by atoms with E-state index in [2.05, 4.69) is 19.0 Å². The van der Waals surface area contributed by atoms with E-state index >= 15 is 0 Å². The maximum atomic E-state index is 11.7. The van der Waals surface area contributed by atoms with Crippen molar-refractivity contribution in [2.75, 3.05) is 19.0 Å². The molecule has 2 atom stereocenters. The number of allylic oxidation sites excluding steroid dienone is 1. The SMILES string of the molecule is CC/C=N\OC/C=C/Cl.CCSC(C)CC1CC(=O)C(C)=C(CO)C1. The van der Waals surface area contributed by atoms with Gasteiger partial charge in [0.15, 0.2) is 5.78 Å². The van der Waals surface area contributed by atoms with Crippen molar-refractivity contribution in [1.29, 1.82) is 0 Å². The van der Waals surface area contributed by atoms with Crippen LogP contribution in [0.2, 0.25) is 0 Å². The molecule has 1 rings (SSSR count). The van der Waals surface area contributed by atoms with Gasteiger partial charge in [-0.05, 0) is 55.1 Å². The molecule has 0 aromatic rings. The third kappa shape index (κ3) is 11.4. The number of halogens is 1. The second-order valence-electron chi connectivity index (χ2n) is 5.94. The number of hydrogen-bond acceptors (Lipinski definition) is 5. The van der Waals surface area contributed by atoms with Gasteiger partial charge in [-0.1, -0.05) is 37.5 Å². The second-order valence-corrected chi connectivity index (χ2v) is 7.91. The lowest BCUT2D eigenvalue weighted by molar-refractivity contribution is -0.117. The highest BCUT2D eigenvalue weighted by Crippen LogP contribution is 2.32. The topological polar surface area (TPSA) is 58.9 Å². The van der Waals surface area contributed by atoms with Crippen LogP contribution in [0.3, 0.4) is 0 Å². The van der Waals surface area contributed by atoms with Gasteiger partial charge in [0.25, 0.3) is 0 Å². The summed E-state index contributed by atoms with van der Waals surface area (Å²) in [6, 6.07) is 0. The summed E-state index contributed by atoms with van der Waals surface area (Å²) in [6.07, 6.45) is 6.93. The Morgan fingerprint density at radius 2 is 2.16 bits per heavy atom. The van der Waals surface area contributed by atoms with Crippen LogP contribution in [0.15, 0.2) is 27.9 Å². The van der Waals surface area contributed by atoms with Gasteiger partial charge >= 0.3 is 0 Å². The van der Waals surface area contributed by atoms with E-state index in [-0.39, 0.29) is 12.4 Å². The second kappa shape index (κ2) is 15.5. The van der Waals surface area contributed by atoms with Gasteiger partial charge in [-0.25, -0.2) is 0 Å². The molecule has 0 heterocycles. The van der Waals surface area contributed by atoms with Crippen LogP contribution in [0.1, 0.15) is 53.4 Å². The molecule has 4 nitrogen and oxygen atoms in total. The number of ketones is 1. The molecule has 0 fully saturated rings. The number of oxime groups is 1. The standard InChI is InChI=1S/C13H22O2S.C6H10ClNO/c1-4-16-9(2)5-11-6-12(8-14)10(3)13(15)7-11;1-2-5-8-9-6-3-4-7/h9,11,14H,4-8H2,1-3H3;3-5H,2,6H2,1H3/b;4-3+,8-5-. The number of carbonyl (C=O) groups is 1. The van der Waals surface area contributed by atoms with Crippen LogP contribution in [0, 0.1) is 5.92 Å². The molecular weight excluding hydrogens is 358 g/mol. The molecular formula is C19H32ClNO3S. The Morgan fingerprint density at radius 1 is 1.44 bits per heavy atom. The molecule has 0 bridgehead atoms. The van der Waals surface area contributed by atoms with E-state index in [0.717, 1.165) is 36.2 Å². The van der Waals surface area contributed by atoms with Crippen molar-refractivity contribution in [2.45, 2.75) is 58.6 Å². The minimum atomic E-state index is 0.0450. The summed E-state index contributed by atoms with van der Waals surface area (Å²) < 4.78 is 0. The minimum Gasteiger partial charge on any atom is -0.392 e. The first-order valence-electron chi connectivity index (χ1n) is 8.83. The van der Waals surface area contributed by atoms with Crippen molar-refractivity contribution >= 4 is 35.4 Å². The molecule has 0 aromatic heterocycles. The fraction of sp³-hybridized carbons (Fsp3) is 0.684. The summed E-state index contributed by atoms with van der Waals surface area (Å²) in [4.78, 5) is 16.5. The van der Waals surface area contributed by atoms with Crippen molar-refractivity contribution in [3.05, 3.63) is 22.8 Å². The van der Waals surface area contributed by atoms with Crippen LogP contribution < -0.4 is 0 Å². The van der Waals surface area contributed by atoms with Crippen LogP contribution in [-0.4, -0.2) is 41.3 Å². The van der Waals surface area contributed by atoms with Crippen LogP contribution in [0.4, 0.5) is 0 Å². The zero-order chi connectivity index (χ0) is 19.1. The summed E-state index contributed by atoms with van der Waals surface area (Å²) in [5, 5.41) is 13.4. The van der Waals surface area contributed by atoms with Gasteiger partial charge in [-0.3, -0.25) is 4.79 Å². The number of carbonyl (C=O) groups excluding carboxylic acids is 1. The van der Waals surface area contributed by atoms with Gasteiger partial charge in [0.1, 0.15) is 6.61 Å². The van der Waals surface area contributed by atoms with Crippen LogP contribution in [0.5, 0.6) is 0 Å². The van der Waals surface area contributed by atoms with E-state index in [1.54, 1.807) is 12.3 Å². The molecule has 1 aliphatic carbocycles.